The highest BCUT2D eigenvalue weighted by Crippen LogP contribution is 2.04. The fourth-order valence-electron chi connectivity index (χ4n) is 0.605. The molecule has 53 valence electrons. The molecule has 0 aromatic carbocycles. The number of pyridine rings is 1. The van der Waals surface area contributed by atoms with Crippen molar-refractivity contribution in [2.45, 2.75) is 11.9 Å². The van der Waals surface area contributed by atoms with Gasteiger partial charge in [-0.05, 0) is 18.6 Å². The lowest BCUT2D eigenvalue weighted by molar-refractivity contribution is 0.597. The first kappa shape index (κ1) is 7.57. The summed E-state index contributed by atoms with van der Waals surface area (Å²) in [4.78, 5) is 3.88. The number of nitrogens with zero attached hydrogens (tertiary/aromatic N) is 1. The third-order valence-electron chi connectivity index (χ3n) is 1.09. The van der Waals surface area contributed by atoms with Gasteiger partial charge in [-0.2, -0.15) is 0 Å². The van der Waals surface area contributed by atoms with E-state index < -0.39 is 11.2 Å². The Morgan fingerprint density at radius 3 is 2.80 bits per heavy atom. The molecular weight excluding hydrogens is 146 g/mol. The van der Waals surface area contributed by atoms with E-state index in [0.29, 0.717) is 5.03 Å². The SMILES string of the molecule is Cc1[c]c([S+](C)[O-])ncc1. The Kier molecular flexibility index (Phi) is 2.29. The minimum Gasteiger partial charge on any atom is -0.610 e. The highest BCUT2D eigenvalue weighted by molar-refractivity contribution is 7.90. The Labute approximate surface area is 63.5 Å². The van der Waals surface area contributed by atoms with Crippen molar-refractivity contribution in [3.8, 4) is 0 Å². The Morgan fingerprint density at radius 2 is 2.40 bits per heavy atom. The van der Waals surface area contributed by atoms with Gasteiger partial charge in [0.15, 0.2) is 0 Å². The Balaban J connectivity index is 2.96. The van der Waals surface area contributed by atoms with Crippen molar-refractivity contribution >= 4 is 11.2 Å². The lowest BCUT2D eigenvalue weighted by Gasteiger charge is -2.01. The standard InChI is InChI=1S/C7H8NOS/c1-6-3-4-8-7(5-6)10(2)9/h3-4H,1-2H3. The van der Waals surface area contributed by atoms with Gasteiger partial charge in [-0.3, -0.25) is 0 Å². The van der Waals surface area contributed by atoms with Crippen LogP contribution in [-0.2, 0) is 11.2 Å². The van der Waals surface area contributed by atoms with Crippen LogP contribution in [0.4, 0.5) is 0 Å². The first-order valence-electron chi connectivity index (χ1n) is 2.88. The second-order valence-corrected chi connectivity index (χ2v) is 3.31. The van der Waals surface area contributed by atoms with Gasteiger partial charge < -0.3 is 4.55 Å². The van der Waals surface area contributed by atoms with Crippen molar-refractivity contribution in [1.82, 2.24) is 4.98 Å². The van der Waals surface area contributed by atoms with Gasteiger partial charge in [0.25, 0.3) is 5.03 Å². The van der Waals surface area contributed by atoms with E-state index in [0.717, 1.165) is 5.56 Å². The maximum Gasteiger partial charge on any atom is 0.252 e. The molecule has 1 heterocycles. The van der Waals surface area contributed by atoms with Gasteiger partial charge in [0.05, 0.1) is 6.07 Å². The second kappa shape index (κ2) is 3.03. The lowest BCUT2D eigenvalue weighted by Crippen LogP contribution is -2.00. The van der Waals surface area contributed by atoms with Crippen molar-refractivity contribution in [2.24, 2.45) is 0 Å². The van der Waals surface area contributed by atoms with E-state index in [1.807, 2.05) is 13.0 Å². The quantitative estimate of drug-likeness (QED) is 0.564. The predicted molar refractivity (Wildman–Crippen MR) is 40.1 cm³/mol. The maximum absolute atomic E-state index is 10.8. The van der Waals surface area contributed by atoms with Crippen molar-refractivity contribution < 1.29 is 4.55 Å². The third kappa shape index (κ3) is 1.72. The number of aromatic nitrogens is 1. The van der Waals surface area contributed by atoms with Crippen LogP contribution in [0.25, 0.3) is 0 Å². The third-order valence-corrected chi connectivity index (χ3v) is 1.84. The van der Waals surface area contributed by atoms with Crippen LogP contribution in [0.15, 0.2) is 17.3 Å². The highest BCUT2D eigenvalue weighted by atomic mass is 32.2. The van der Waals surface area contributed by atoms with Gasteiger partial charge in [-0.25, -0.2) is 4.98 Å². The lowest BCUT2D eigenvalue weighted by atomic mass is 10.3. The summed E-state index contributed by atoms with van der Waals surface area (Å²) in [5, 5.41) is 0.528. The summed E-state index contributed by atoms with van der Waals surface area (Å²) >= 11 is -1.01. The predicted octanol–water partition coefficient (Wildman–Crippen LogP) is 0.928. The molecule has 1 atom stereocenters. The Bertz CT molecular complexity index is 225. The molecule has 0 fully saturated rings. The number of aryl methyl sites for hydroxylation is 1. The summed E-state index contributed by atoms with van der Waals surface area (Å²) < 4.78 is 10.8. The van der Waals surface area contributed by atoms with Crippen LogP contribution in [0.5, 0.6) is 0 Å². The van der Waals surface area contributed by atoms with E-state index in [-0.39, 0.29) is 0 Å². The normalized spacial score (nSPS) is 13.1. The van der Waals surface area contributed by atoms with Crippen LogP contribution in [-0.4, -0.2) is 15.8 Å². The average molecular weight is 154 g/mol. The summed E-state index contributed by atoms with van der Waals surface area (Å²) in [5.74, 6) is 0. The highest BCUT2D eigenvalue weighted by Gasteiger charge is 2.04. The molecule has 1 radical (unpaired) electrons. The van der Waals surface area contributed by atoms with Gasteiger partial charge in [0, 0.05) is 17.4 Å². The zero-order valence-electron chi connectivity index (χ0n) is 5.92. The molecular formula is C7H8NOS. The fraction of sp³-hybridized carbons (Fsp3) is 0.286. The minimum absolute atomic E-state index is 0.528. The van der Waals surface area contributed by atoms with Crippen molar-refractivity contribution in [3.63, 3.8) is 0 Å². The molecule has 0 saturated carbocycles. The smallest absolute Gasteiger partial charge is 0.252 e. The van der Waals surface area contributed by atoms with E-state index in [4.69, 9.17) is 0 Å². The summed E-state index contributed by atoms with van der Waals surface area (Å²) in [7, 11) is 0. The van der Waals surface area contributed by atoms with Gasteiger partial charge in [0.1, 0.15) is 6.26 Å². The van der Waals surface area contributed by atoms with E-state index in [1.54, 1.807) is 12.5 Å². The van der Waals surface area contributed by atoms with E-state index in [9.17, 15) is 4.55 Å². The zero-order valence-corrected chi connectivity index (χ0v) is 6.73. The molecule has 0 saturated heterocycles. The van der Waals surface area contributed by atoms with E-state index in [1.165, 1.54) is 0 Å². The molecule has 0 aliphatic rings. The van der Waals surface area contributed by atoms with Gasteiger partial charge in [-0.1, -0.05) is 0 Å². The zero-order chi connectivity index (χ0) is 7.56. The molecule has 1 rings (SSSR count). The number of hydrogen-bond acceptors (Lipinski definition) is 2. The summed E-state index contributed by atoms with van der Waals surface area (Å²) in [6, 6.07) is 4.73. The Hall–Kier alpha value is -0.540. The number of rotatable bonds is 1. The summed E-state index contributed by atoms with van der Waals surface area (Å²) in [6.45, 7) is 1.90. The molecule has 0 bridgehead atoms. The maximum atomic E-state index is 10.8. The summed E-state index contributed by atoms with van der Waals surface area (Å²) in [6.07, 6.45) is 3.24. The van der Waals surface area contributed by atoms with E-state index >= 15 is 0 Å². The van der Waals surface area contributed by atoms with Crippen LogP contribution in [0.2, 0.25) is 0 Å². The van der Waals surface area contributed by atoms with Crippen molar-refractivity contribution in [1.29, 1.82) is 0 Å². The molecule has 1 aromatic rings. The van der Waals surface area contributed by atoms with Gasteiger partial charge >= 0.3 is 0 Å². The first-order chi connectivity index (χ1) is 4.70. The van der Waals surface area contributed by atoms with Crippen LogP contribution in [0, 0.1) is 13.0 Å². The molecule has 0 amide bonds. The average Bonchev–Trinajstić information content (AvgIpc) is 1.88. The van der Waals surface area contributed by atoms with Gasteiger partial charge in [0.2, 0.25) is 0 Å². The molecule has 3 heteroatoms. The van der Waals surface area contributed by atoms with Crippen LogP contribution >= 0.6 is 0 Å². The Morgan fingerprint density at radius 1 is 1.70 bits per heavy atom. The molecule has 0 aliphatic carbocycles. The first-order valence-corrected chi connectivity index (χ1v) is 4.44. The van der Waals surface area contributed by atoms with Crippen molar-refractivity contribution in [2.75, 3.05) is 6.26 Å². The molecule has 0 spiro atoms. The molecule has 1 unspecified atom stereocenters. The van der Waals surface area contributed by atoms with E-state index in [2.05, 4.69) is 11.1 Å². The topological polar surface area (TPSA) is 36.0 Å². The molecule has 10 heavy (non-hydrogen) atoms. The number of hydrogen-bond donors (Lipinski definition) is 0. The molecule has 0 aliphatic heterocycles. The molecule has 1 aromatic heterocycles. The van der Waals surface area contributed by atoms with Crippen LogP contribution in [0.3, 0.4) is 0 Å². The second-order valence-electron chi connectivity index (χ2n) is 2.01. The van der Waals surface area contributed by atoms with Crippen LogP contribution in [0.1, 0.15) is 5.56 Å². The monoisotopic (exact) mass is 154 g/mol. The molecule has 2 nitrogen and oxygen atoms in total. The fourth-order valence-corrected chi connectivity index (χ4v) is 1.12. The van der Waals surface area contributed by atoms with Crippen molar-refractivity contribution in [3.05, 3.63) is 23.9 Å². The molecule has 0 N–H and O–H groups in total. The summed E-state index contributed by atoms with van der Waals surface area (Å²) in [5.41, 5.74) is 0.972. The van der Waals surface area contributed by atoms with Gasteiger partial charge in [-0.15, -0.1) is 0 Å². The largest absolute Gasteiger partial charge is 0.610 e. The van der Waals surface area contributed by atoms with Crippen LogP contribution < -0.4 is 0 Å². The minimum atomic E-state index is -1.01.